The summed E-state index contributed by atoms with van der Waals surface area (Å²) < 4.78 is 0. The van der Waals surface area contributed by atoms with E-state index in [0.717, 1.165) is 0 Å². The van der Waals surface area contributed by atoms with Gasteiger partial charge in [-0.25, -0.2) is 4.79 Å². The number of hydrogen-bond acceptors (Lipinski definition) is 2. The van der Waals surface area contributed by atoms with E-state index >= 15 is 0 Å². The zero-order chi connectivity index (χ0) is 17.5. The van der Waals surface area contributed by atoms with Crippen molar-refractivity contribution in [2.45, 2.75) is 65.2 Å². The summed E-state index contributed by atoms with van der Waals surface area (Å²) in [7, 11) is 0. The number of aliphatic carboxylic acids is 1. The normalized spacial score (nSPS) is 13.8. The Morgan fingerprint density at radius 2 is 1.27 bits per heavy atom. The molecule has 1 rings (SSSR count). The SMILES string of the molecule is CC(C(=O)O)c1cc(C(C)(C)C)c(C(=O)O)c(C(C)(C)C)c1. The summed E-state index contributed by atoms with van der Waals surface area (Å²) in [4.78, 5) is 23.2. The molecule has 0 aliphatic rings. The predicted octanol–water partition coefficient (Wildman–Crippen LogP) is 4.17. The zero-order valence-corrected chi connectivity index (χ0v) is 14.4. The summed E-state index contributed by atoms with van der Waals surface area (Å²) in [6.07, 6.45) is 0. The number of hydrogen-bond donors (Lipinski definition) is 2. The van der Waals surface area contributed by atoms with E-state index in [1.165, 1.54) is 0 Å². The van der Waals surface area contributed by atoms with Crippen molar-refractivity contribution in [3.05, 3.63) is 34.4 Å². The molecule has 0 aliphatic carbocycles. The zero-order valence-electron chi connectivity index (χ0n) is 14.4. The number of aromatic carboxylic acids is 1. The Bertz CT molecular complexity index is 565. The van der Waals surface area contributed by atoms with Crippen LogP contribution in [0, 0.1) is 0 Å². The highest BCUT2D eigenvalue weighted by Gasteiger charge is 2.31. The number of carbonyl (C=O) groups is 2. The van der Waals surface area contributed by atoms with Gasteiger partial charge < -0.3 is 10.2 Å². The Morgan fingerprint density at radius 1 is 0.909 bits per heavy atom. The van der Waals surface area contributed by atoms with Gasteiger partial charge in [-0.2, -0.15) is 0 Å². The summed E-state index contributed by atoms with van der Waals surface area (Å²) in [5, 5.41) is 19.0. The Labute approximate surface area is 132 Å². The van der Waals surface area contributed by atoms with Crippen LogP contribution in [0.15, 0.2) is 12.1 Å². The molecule has 1 aromatic carbocycles. The molecular formula is C18H26O4. The first kappa shape index (κ1) is 18.2. The summed E-state index contributed by atoms with van der Waals surface area (Å²) in [6, 6.07) is 3.47. The van der Waals surface area contributed by atoms with Crippen LogP contribution in [-0.4, -0.2) is 22.2 Å². The maximum Gasteiger partial charge on any atom is 0.336 e. The summed E-state index contributed by atoms with van der Waals surface area (Å²) in [5.74, 6) is -2.56. The average molecular weight is 306 g/mol. The topological polar surface area (TPSA) is 74.6 Å². The first-order chi connectivity index (χ1) is 9.76. The summed E-state index contributed by atoms with van der Waals surface area (Å²) in [6.45, 7) is 13.3. The molecule has 4 nitrogen and oxygen atoms in total. The van der Waals surface area contributed by atoms with E-state index < -0.39 is 17.9 Å². The van der Waals surface area contributed by atoms with Crippen molar-refractivity contribution in [1.82, 2.24) is 0 Å². The van der Waals surface area contributed by atoms with Crippen molar-refractivity contribution in [2.24, 2.45) is 0 Å². The molecule has 0 spiro atoms. The van der Waals surface area contributed by atoms with Gasteiger partial charge in [0.25, 0.3) is 0 Å². The second kappa shape index (κ2) is 5.75. The highest BCUT2D eigenvalue weighted by molar-refractivity contribution is 5.92. The second-order valence-electron chi connectivity index (χ2n) is 7.86. The molecule has 1 atom stereocenters. The van der Waals surface area contributed by atoms with Crippen LogP contribution in [0.4, 0.5) is 0 Å². The van der Waals surface area contributed by atoms with Crippen LogP contribution >= 0.6 is 0 Å². The highest BCUT2D eigenvalue weighted by atomic mass is 16.4. The lowest BCUT2D eigenvalue weighted by molar-refractivity contribution is -0.138. The van der Waals surface area contributed by atoms with Crippen LogP contribution in [0.1, 0.15) is 81.4 Å². The third kappa shape index (κ3) is 3.67. The van der Waals surface area contributed by atoms with Crippen molar-refractivity contribution in [2.75, 3.05) is 0 Å². The Kier molecular flexibility index (Phi) is 4.76. The molecule has 0 saturated carbocycles. The van der Waals surface area contributed by atoms with Crippen LogP contribution in [0.25, 0.3) is 0 Å². The van der Waals surface area contributed by atoms with Crippen LogP contribution in [0.5, 0.6) is 0 Å². The molecule has 0 heterocycles. The Morgan fingerprint density at radius 3 is 1.50 bits per heavy atom. The van der Waals surface area contributed by atoms with Crippen LogP contribution < -0.4 is 0 Å². The van der Waals surface area contributed by atoms with Crippen LogP contribution in [0.2, 0.25) is 0 Å². The molecule has 0 aromatic heterocycles. The van der Waals surface area contributed by atoms with E-state index in [4.69, 9.17) is 0 Å². The van der Waals surface area contributed by atoms with E-state index in [2.05, 4.69) is 0 Å². The molecule has 0 fully saturated rings. The van der Waals surface area contributed by atoms with Gasteiger partial charge in [0.1, 0.15) is 0 Å². The van der Waals surface area contributed by atoms with Gasteiger partial charge in [0.15, 0.2) is 0 Å². The molecule has 0 radical (unpaired) electrons. The molecule has 2 N–H and O–H groups in total. The first-order valence-corrected chi connectivity index (χ1v) is 7.41. The lowest BCUT2D eigenvalue weighted by atomic mass is 9.74. The van der Waals surface area contributed by atoms with Gasteiger partial charge in [-0.05, 0) is 34.4 Å². The fourth-order valence-corrected chi connectivity index (χ4v) is 2.47. The number of carboxylic acid groups (broad SMARTS) is 2. The van der Waals surface area contributed by atoms with Gasteiger partial charge >= 0.3 is 11.9 Å². The first-order valence-electron chi connectivity index (χ1n) is 7.41. The fraction of sp³-hybridized carbons (Fsp3) is 0.556. The van der Waals surface area contributed by atoms with Crippen molar-refractivity contribution in [3.8, 4) is 0 Å². The van der Waals surface area contributed by atoms with Crippen molar-refractivity contribution in [1.29, 1.82) is 0 Å². The quantitative estimate of drug-likeness (QED) is 0.879. The van der Waals surface area contributed by atoms with Crippen molar-refractivity contribution in [3.63, 3.8) is 0 Å². The largest absolute Gasteiger partial charge is 0.481 e. The van der Waals surface area contributed by atoms with Gasteiger partial charge in [0, 0.05) is 0 Å². The number of benzene rings is 1. The van der Waals surface area contributed by atoms with Crippen molar-refractivity contribution >= 4 is 11.9 Å². The summed E-state index contributed by atoms with van der Waals surface area (Å²) >= 11 is 0. The minimum absolute atomic E-state index is 0.293. The molecule has 1 aromatic rings. The second-order valence-corrected chi connectivity index (χ2v) is 7.86. The molecule has 4 heteroatoms. The molecule has 1 unspecified atom stereocenters. The monoisotopic (exact) mass is 306 g/mol. The third-order valence-corrected chi connectivity index (χ3v) is 3.86. The molecule has 0 saturated heterocycles. The highest BCUT2D eigenvalue weighted by Crippen LogP contribution is 2.37. The van der Waals surface area contributed by atoms with Gasteiger partial charge in [-0.1, -0.05) is 53.7 Å². The minimum Gasteiger partial charge on any atom is -0.481 e. The molecule has 0 aliphatic heterocycles. The molecule has 0 bridgehead atoms. The average Bonchev–Trinajstić information content (AvgIpc) is 2.33. The number of rotatable bonds is 3. The predicted molar refractivity (Wildman–Crippen MR) is 86.9 cm³/mol. The van der Waals surface area contributed by atoms with Gasteiger partial charge in [0.2, 0.25) is 0 Å². The molecule has 22 heavy (non-hydrogen) atoms. The van der Waals surface area contributed by atoms with E-state index in [-0.39, 0.29) is 10.8 Å². The van der Waals surface area contributed by atoms with E-state index in [1.807, 2.05) is 41.5 Å². The standard InChI is InChI=1S/C18H26O4/c1-10(15(19)20)11-8-12(17(2,3)4)14(16(21)22)13(9-11)18(5,6)7/h8-10H,1-7H3,(H,19,20)(H,21,22). The Balaban J connectivity index is 3.84. The minimum atomic E-state index is -0.968. The van der Waals surface area contributed by atoms with E-state index in [9.17, 15) is 19.8 Å². The Hall–Kier alpha value is -1.84. The molecular weight excluding hydrogens is 280 g/mol. The maximum absolute atomic E-state index is 11.8. The maximum atomic E-state index is 11.8. The third-order valence-electron chi connectivity index (χ3n) is 3.86. The lowest BCUT2D eigenvalue weighted by Crippen LogP contribution is -2.25. The molecule has 0 amide bonds. The van der Waals surface area contributed by atoms with Crippen LogP contribution in [-0.2, 0) is 15.6 Å². The number of carboxylic acids is 2. The lowest BCUT2D eigenvalue weighted by Gasteiger charge is -2.30. The smallest absolute Gasteiger partial charge is 0.336 e. The van der Waals surface area contributed by atoms with Crippen molar-refractivity contribution < 1.29 is 19.8 Å². The van der Waals surface area contributed by atoms with E-state index in [0.29, 0.717) is 22.3 Å². The summed E-state index contributed by atoms with van der Waals surface area (Å²) in [5.41, 5.74) is 1.52. The molecule has 122 valence electrons. The van der Waals surface area contributed by atoms with Gasteiger partial charge in [0.05, 0.1) is 11.5 Å². The van der Waals surface area contributed by atoms with E-state index in [1.54, 1.807) is 19.1 Å². The van der Waals surface area contributed by atoms with Gasteiger partial charge in [-0.15, -0.1) is 0 Å². The fourth-order valence-electron chi connectivity index (χ4n) is 2.47. The van der Waals surface area contributed by atoms with Crippen LogP contribution in [0.3, 0.4) is 0 Å². The van der Waals surface area contributed by atoms with Gasteiger partial charge in [-0.3, -0.25) is 4.79 Å².